The van der Waals surface area contributed by atoms with Gasteiger partial charge in [-0.15, -0.1) is 0 Å². The topological polar surface area (TPSA) is 90.4 Å². The van der Waals surface area contributed by atoms with Crippen molar-refractivity contribution in [3.05, 3.63) is 45.2 Å². The van der Waals surface area contributed by atoms with E-state index in [0.717, 1.165) is 35.0 Å². The summed E-state index contributed by atoms with van der Waals surface area (Å²) in [5.41, 5.74) is 5.37. The van der Waals surface area contributed by atoms with E-state index in [4.69, 9.17) is 0 Å². The number of benzene rings is 1. The summed E-state index contributed by atoms with van der Waals surface area (Å²) in [6, 6.07) is 5.04. The molecule has 1 heterocycles. The molecular weight excluding hydrogens is 336 g/mol. The molecule has 1 aromatic heterocycles. The van der Waals surface area contributed by atoms with Crippen LogP contribution in [0.5, 0.6) is 5.75 Å². The number of aromatic hydroxyl groups is 1. The Hall–Kier alpha value is -2.15. The van der Waals surface area contributed by atoms with Gasteiger partial charge in [0.25, 0.3) is 5.91 Å². The number of nitrogens with zero attached hydrogens (tertiary/aromatic N) is 2. The number of hydrazone groups is 1. The minimum Gasteiger partial charge on any atom is -0.507 e. The molecule has 108 valence electrons. The standard InChI is InChI=1S/C14H13BrN4O2/c15-9-5-4-8(12(20)6-9)7-16-19-14(21)13-10-2-1-3-11(10)17-18-13/h4-7,20H,1-3H2,(H,17,18)(H,19,21)/b16-7+. The smallest absolute Gasteiger partial charge is 0.292 e. The Morgan fingerprint density at radius 2 is 2.33 bits per heavy atom. The minimum absolute atomic E-state index is 0.0861. The zero-order chi connectivity index (χ0) is 14.8. The van der Waals surface area contributed by atoms with Gasteiger partial charge in [0.05, 0.1) is 6.21 Å². The number of amides is 1. The van der Waals surface area contributed by atoms with E-state index < -0.39 is 0 Å². The number of carbonyl (C=O) groups excluding carboxylic acids is 1. The van der Waals surface area contributed by atoms with Crippen molar-refractivity contribution < 1.29 is 9.90 Å². The van der Waals surface area contributed by atoms with E-state index in [2.05, 4.69) is 36.7 Å². The van der Waals surface area contributed by atoms with Gasteiger partial charge in [-0.05, 0) is 37.5 Å². The molecule has 2 aromatic rings. The number of aromatic nitrogens is 2. The van der Waals surface area contributed by atoms with Gasteiger partial charge in [-0.3, -0.25) is 9.89 Å². The molecule has 0 aliphatic heterocycles. The number of hydrogen-bond acceptors (Lipinski definition) is 4. The van der Waals surface area contributed by atoms with Gasteiger partial charge in [0.2, 0.25) is 0 Å². The van der Waals surface area contributed by atoms with Crippen molar-refractivity contribution in [3.63, 3.8) is 0 Å². The molecule has 3 N–H and O–H groups in total. The van der Waals surface area contributed by atoms with Crippen molar-refractivity contribution in [2.75, 3.05) is 0 Å². The number of aromatic amines is 1. The molecule has 0 saturated carbocycles. The largest absolute Gasteiger partial charge is 0.507 e. The van der Waals surface area contributed by atoms with Crippen LogP contribution in [0.25, 0.3) is 0 Å². The average Bonchev–Trinajstić information content (AvgIpc) is 3.03. The Morgan fingerprint density at radius 3 is 3.14 bits per heavy atom. The third-order valence-corrected chi connectivity index (χ3v) is 3.88. The van der Waals surface area contributed by atoms with Crippen LogP contribution in [0.3, 0.4) is 0 Å². The number of carbonyl (C=O) groups is 1. The highest BCUT2D eigenvalue weighted by Crippen LogP contribution is 2.23. The first-order chi connectivity index (χ1) is 10.1. The lowest BCUT2D eigenvalue weighted by molar-refractivity contribution is 0.0949. The minimum atomic E-state index is -0.345. The molecule has 21 heavy (non-hydrogen) atoms. The summed E-state index contributed by atoms with van der Waals surface area (Å²) in [6.45, 7) is 0. The Labute approximate surface area is 129 Å². The van der Waals surface area contributed by atoms with Crippen molar-refractivity contribution in [2.45, 2.75) is 19.3 Å². The Bertz CT molecular complexity index is 724. The first kappa shape index (κ1) is 13.8. The number of phenolic OH excluding ortho intramolecular Hbond substituents is 1. The van der Waals surface area contributed by atoms with Crippen LogP contribution in [0.15, 0.2) is 27.8 Å². The van der Waals surface area contributed by atoms with Gasteiger partial charge in [-0.25, -0.2) is 5.43 Å². The molecule has 0 spiro atoms. The van der Waals surface area contributed by atoms with E-state index in [1.807, 2.05) is 0 Å². The van der Waals surface area contributed by atoms with Crippen LogP contribution in [0.2, 0.25) is 0 Å². The van der Waals surface area contributed by atoms with Crippen molar-refractivity contribution in [3.8, 4) is 5.75 Å². The quantitative estimate of drug-likeness (QED) is 0.586. The highest BCUT2D eigenvalue weighted by atomic mass is 79.9. The van der Waals surface area contributed by atoms with Crippen molar-refractivity contribution in [2.24, 2.45) is 5.10 Å². The second kappa shape index (κ2) is 5.69. The van der Waals surface area contributed by atoms with Crippen molar-refractivity contribution in [1.29, 1.82) is 0 Å². The number of aryl methyl sites for hydroxylation is 1. The van der Waals surface area contributed by atoms with E-state index in [1.54, 1.807) is 18.2 Å². The van der Waals surface area contributed by atoms with Crippen LogP contribution >= 0.6 is 15.9 Å². The van der Waals surface area contributed by atoms with Gasteiger partial charge in [0.15, 0.2) is 5.69 Å². The normalized spacial score (nSPS) is 13.6. The number of rotatable bonds is 3. The summed E-state index contributed by atoms with van der Waals surface area (Å²) in [4.78, 5) is 12.0. The van der Waals surface area contributed by atoms with Crippen LogP contribution in [-0.4, -0.2) is 27.4 Å². The fourth-order valence-corrected chi connectivity index (χ4v) is 2.70. The Balaban J connectivity index is 1.69. The SMILES string of the molecule is O=C(N/N=C/c1ccc(Br)cc1O)c1n[nH]c2c1CCC2. The molecule has 0 unspecified atom stereocenters. The highest BCUT2D eigenvalue weighted by Gasteiger charge is 2.22. The molecule has 0 atom stereocenters. The number of H-pyrrole nitrogens is 1. The Morgan fingerprint density at radius 1 is 1.48 bits per heavy atom. The second-order valence-electron chi connectivity index (χ2n) is 4.79. The number of hydrogen-bond donors (Lipinski definition) is 3. The lowest BCUT2D eigenvalue weighted by Crippen LogP contribution is -2.19. The molecule has 6 nitrogen and oxygen atoms in total. The predicted molar refractivity (Wildman–Crippen MR) is 81.5 cm³/mol. The van der Waals surface area contributed by atoms with E-state index in [9.17, 15) is 9.90 Å². The third kappa shape index (κ3) is 2.82. The van der Waals surface area contributed by atoms with Gasteiger partial charge in [0.1, 0.15) is 5.75 Å². The maximum atomic E-state index is 12.0. The molecule has 0 bridgehead atoms. The monoisotopic (exact) mass is 348 g/mol. The van der Waals surface area contributed by atoms with Gasteiger partial charge in [-0.1, -0.05) is 15.9 Å². The molecule has 1 aliphatic rings. The molecule has 1 aromatic carbocycles. The van der Waals surface area contributed by atoms with Crippen molar-refractivity contribution >= 4 is 28.1 Å². The number of nitrogens with one attached hydrogen (secondary N) is 2. The fourth-order valence-electron chi connectivity index (χ4n) is 2.35. The molecule has 0 saturated heterocycles. The summed E-state index contributed by atoms with van der Waals surface area (Å²) < 4.78 is 0.772. The summed E-state index contributed by atoms with van der Waals surface area (Å²) in [7, 11) is 0. The van der Waals surface area contributed by atoms with Crippen LogP contribution in [-0.2, 0) is 12.8 Å². The van der Waals surface area contributed by atoms with Crippen molar-refractivity contribution in [1.82, 2.24) is 15.6 Å². The van der Waals surface area contributed by atoms with E-state index in [-0.39, 0.29) is 11.7 Å². The van der Waals surface area contributed by atoms with Crippen LogP contribution in [0.4, 0.5) is 0 Å². The summed E-state index contributed by atoms with van der Waals surface area (Å²) >= 11 is 3.26. The van der Waals surface area contributed by atoms with Crippen LogP contribution in [0.1, 0.15) is 33.7 Å². The highest BCUT2D eigenvalue weighted by molar-refractivity contribution is 9.10. The number of halogens is 1. The van der Waals surface area contributed by atoms with E-state index >= 15 is 0 Å². The van der Waals surface area contributed by atoms with Gasteiger partial charge in [-0.2, -0.15) is 10.2 Å². The predicted octanol–water partition coefficient (Wildman–Crippen LogP) is 2.13. The lowest BCUT2D eigenvalue weighted by Gasteiger charge is -2.00. The van der Waals surface area contributed by atoms with Crippen LogP contribution in [0, 0.1) is 0 Å². The first-order valence-electron chi connectivity index (χ1n) is 6.53. The van der Waals surface area contributed by atoms with Gasteiger partial charge >= 0.3 is 0 Å². The van der Waals surface area contributed by atoms with E-state index in [1.165, 1.54) is 6.21 Å². The molecular formula is C14H13BrN4O2. The van der Waals surface area contributed by atoms with Crippen LogP contribution < -0.4 is 5.43 Å². The van der Waals surface area contributed by atoms with Gasteiger partial charge < -0.3 is 5.11 Å². The third-order valence-electron chi connectivity index (χ3n) is 3.38. The second-order valence-corrected chi connectivity index (χ2v) is 5.70. The average molecular weight is 349 g/mol. The molecule has 7 heteroatoms. The fraction of sp³-hybridized carbons (Fsp3) is 0.214. The number of fused-ring (bicyclic) bond motifs is 1. The molecule has 1 amide bonds. The van der Waals surface area contributed by atoms with Gasteiger partial charge in [0, 0.05) is 21.3 Å². The maximum Gasteiger partial charge on any atom is 0.292 e. The molecule has 1 aliphatic carbocycles. The summed E-state index contributed by atoms with van der Waals surface area (Å²) in [5.74, 6) is -0.259. The molecule has 0 fully saturated rings. The van der Waals surface area contributed by atoms with E-state index in [0.29, 0.717) is 11.3 Å². The Kier molecular flexibility index (Phi) is 3.74. The number of phenols is 1. The maximum absolute atomic E-state index is 12.0. The summed E-state index contributed by atoms with van der Waals surface area (Å²) in [6.07, 6.45) is 4.24. The summed E-state index contributed by atoms with van der Waals surface area (Å²) in [5, 5.41) is 20.5. The molecule has 0 radical (unpaired) electrons. The lowest BCUT2D eigenvalue weighted by atomic mass is 10.2. The molecule has 3 rings (SSSR count). The zero-order valence-corrected chi connectivity index (χ0v) is 12.6. The first-order valence-corrected chi connectivity index (χ1v) is 7.32. The zero-order valence-electron chi connectivity index (χ0n) is 11.1.